The fraction of sp³-hybridized carbons (Fsp3) is 0.333. The van der Waals surface area contributed by atoms with Gasteiger partial charge in [0.05, 0.1) is 0 Å². The number of aromatic nitrogens is 1. The summed E-state index contributed by atoms with van der Waals surface area (Å²) in [4.78, 5) is 3.27. The van der Waals surface area contributed by atoms with Crippen LogP contribution in [-0.4, -0.2) is 18.7 Å². The molecule has 1 N–H and O–H groups in total. The Morgan fingerprint density at radius 3 is 3.00 bits per heavy atom. The van der Waals surface area contributed by atoms with Gasteiger partial charge in [-0.15, -0.1) is 0 Å². The van der Waals surface area contributed by atoms with Gasteiger partial charge in [-0.05, 0) is 24.5 Å². The summed E-state index contributed by atoms with van der Waals surface area (Å²) in [5.74, 6) is 0. The maximum absolute atomic E-state index is 5.04. The molecule has 0 amide bonds. The number of aryl methyl sites for hydroxylation is 1. The average Bonchev–Trinajstić information content (AvgIpc) is 2.63. The van der Waals surface area contributed by atoms with Gasteiger partial charge in [0.2, 0.25) is 0 Å². The van der Waals surface area contributed by atoms with E-state index in [0.717, 1.165) is 19.4 Å². The van der Waals surface area contributed by atoms with Gasteiger partial charge >= 0.3 is 0 Å². The van der Waals surface area contributed by atoms with Gasteiger partial charge in [-0.25, -0.2) is 0 Å². The third kappa shape index (κ3) is 1.80. The second-order valence-electron chi connectivity index (χ2n) is 3.46. The summed E-state index contributed by atoms with van der Waals surface area (Å²) in [7, 11) is 1.75. The summed E-state index contributed by atoms with van der Waals surface area (Å²) >= 11 is 0. The molecule has 2 heteroatoms. The summed E-state index contributed by atoms with van der Waals surface area (Å²) in [6.07, 6.45) is 4.26. The van der Waals surface area contributed by atoms with Crippen molar-refractivity contribution in [1.82, 2.24) is 4.98 Å². The van der Waals surface area contributed by atoms with Crippen molar-refractivity contribution in [2.75, 3.05) is 13.7 Å². The monoisotopic (exact) mass is 189 g/mol. The SMILES string of the molecule is COCCCc1c[nH]c2ccccc12. The van der Waals surface area contributed by atoms with E-state index in [4.69, 9.17) is 4.74 Å². The summed E-state index contributed by atoms with van der Waals surface area (Å²) in [6, 6.07) is 8.40. The van der Waals surface area contributed by atoms with Crippen molar-refractivity contribution in [2.24, 2.45) is 0 Å². The highest BCUT2D eigenvalue weighted by Gasteiger charge is 2.01. The van der Waals surface area contributed by atoms with Gasteiger partial charge in [0.15, 0.2) is 0 Å². The third-order valence-corrected chi connectivity index (χ3v) is 2.47. The predicted molar refractivity (Wildman–Crippen MR) is 58.5 cm³/mol. The number of H-pyrrole nitrogens is 1. The quantitative estimate of drug-likeness (QED) is 0.735. The highest BCUT2D eigenvalue weighted by Crippen LogP contribution is 2.18. The topological polar surface area (TPSA) is 25.0 Å². The minimum Gasteiger partial charge on any atom is -0.385 e. The maximum Gasteiger partial charge on any atom is 0.0465 e. The van der Waals surface area contributed by atoms with Crippen molar-refractivity contribution < 1.29 is 4.74 Å². The Morgan fingerprint density at radius 2 is 2.14 bits per heavy atom. The fourth-order valence-corrected chi connectivity index (χ4v) is 1.75. The molecule has 0 atom stereocenters. The van der Waals surface area contributed by atoms with Crippen LogP contribution in [0.3, 0.4) is 0 Å². The molecule has 0 radical (unpaired) electrons. The van der Waals surface area contributed by atoms with Crippen LogP contribution in [0.1, 0.15) is 12.0 Å². The molecule has 0 spiro atoms. The number of benzene rings is 1. The van der Waals surface area contributed by atoms with E-state index in [1.807, 2.05) is 0 Å². The number of para-hydroxylation sites is 1. The third-order valence-electron chi connectivity index (χ3n) is 2.47. The molecular formula is C12H15NO. The van der Waals surface area contributed by atoms with Gasteiger partial charge in [-0.2, -0.15) is 0 Å². The molecule has 1 aromatic heterocycles. The van der Waals surface area contributed by atoms with Crippen LogP contribution in [0.4, 0.5) is 0 Å². The molecule has 14 heavy (non-hydrogen) atoms. The second-order valence-corrected chi connectivity index (χ2v) is 3.46. The number of hydrogen-bond acceptors (Lipinski definition) is 1. The predicted octanol–water partition coefficient (Wildman–Crippen LogP) is 2.75. The van der Waals surface area contributed by atoms with Gasteiger partial charge in [-0.1, -0.05) is 18.2 Å². The zero-order chi connectivity index (χ0) is 9.80. The number of fused-ring (bicyclic) bond motifs is 1. The summed E-state index contributed by atoms with van der Waals surface area (Å²) in [5.41, 5.74) is 2.61. The molecule has 0 fully saturated rings. The Bertz CT molecular complexity index is 405. The van der Waals surface area contributed by atoms with E-state index in [9.17, 15) is 0 Å². The Kier molecular flexibility index (Phi) is 2.84. The van der Waals surface area contributed by atoms with Crippen molar-refractivity contribution in [2.45, 2.75) is 12.8 Å². The molecule has 1 aromatic carbocycles. The van der Waals surface area contributed by atoms with E-state index < -0.39 is 0 Å². The summed E-state index contributed by atoms with van der Waals surface area (Å²) in [5, 5.41) is 1.34. The molecule has 2 rings (SSSR count). The van der Waals surface area contributed by atoms with E-state index in [1.54, 1.807) is 7.11 Å². The lowest BCUT2D eigenvalue weighted by Gasteiger charge is -1.98. The lowest BCUT2D eigenvalue weighted by molar-refractivity contribution is 0.195. The Balaban J connectivity index is 2.17. The first-order chi connectivity index (χ1) is 6.92. The highest BCUT2D eigenvalue weighted by atomic mass is 16.5. The lowest BCUT2D eigenvalue weighted by atomic mass is 10.1. The van der Waals surface area contributed by atoms with Crippen LogP contribution in [0.2, 0.25) is 0 Å². The van der Waals surface area contributed by atoms with Gasteiger partial charge in [0.25, 0.3) is 0 Å². The number of rotatable bonds is 4. The van der Waals surface area contributed by atoms with Gasteiger partial charge in [0, 0.05) is 30.8 Å². The molecule has 0 saturated carbocycles. The molecule has 2 nitrogen and oxygen atoms in total. The Hall–Kier alpha value is -1.28. The zero-order valence-electron chi connectivity index (χ0n) is 8.42. The van der Waals surface area contributed by atoms with E-state index >= 15 is 0 Å². The molecular weight excluding hydrogens is 174 g/mol. The van der Waals surface area contributed by atoms with Crippen molar-refractivity contribution >= 4 is 10.9 Å². The van der Waals surface area contributed by atoms with Crippen LogP contribution in [0, 0.1) is 0 Å². The summed E-state index contributed by atoms with van der Waals surface area (Å²) in [6.45, 7) is 0.833. The molecule has 1 heterocycles. The smallest absolute Gasteiger partial charge is 0.0465 e. The first kappa shape index (κ1) is 9.28. The normalized spacial score (nSPS) is 10.9. The first-order valence-corrected chi connectivity index (χ1v) is 4.96. The lowest BCUT2D eigenvalue weighted by Crippen LogP contribution is -1.91. The first-order valence-electron chi connectivity index (χ1n) is 4.96. The van der Waals surface area contributed by atoms with Crippen molar-refractivity contribution in [3.63, 3.8) is 0 Å². The molecule has 0 aliphatic rings. The van der Waals surface area contributed by atoms with Gasteiger partial charge in [0.1, 0.15) is 0 Å². The van der Waals surface area contributed by atoms with E-state index in [1.165, 1.54) is 16.5 Å². The Morgan fingerprint density at radius 1 is 1.29 bits per heavy atom. The molecule has 0 bridgehead atoms. The number of hydrogen-bond donors (Lipinski definition) is 1. The van der Waals surface area contributed by atoms with Crippen LogP contribution in [0.5, 0.6) is 0 Å². The Labute approximate surface area is 83.9 Å². The molecule has 74 valence electrons. The largest absolute Gasteiger partial charge is 0.385 e. The van der Waals surface area contributed by atoms with Crippen LogP contribution in [0.15, 0.2) is 30.5 Å². The second kappa shape index (κ2) is 4.29. The zero-order valence-corrected chi connectivity index (χ0v) is 8.42. The molecule has 0 saturated heterocycles. The highest BCUT2D eigenvalue weighted by molar-refractivity contribution is 5.82. The van der Waals surface area contributed by atoms with Gasteiger partial charge < -0.3 is 9.72 Å². The molecule has 0 aliphatic carbocycles. The fourth-order valence-electron chi connectivity index (χ4n) is 1.75. The standard InChI is InChI=1S/C12H15NO/c1-14-8-4-5-10-9-13-12-7-3-2-6-11(10)12/h2-3,6-7,9,13H,4-5,8H2,1H3. The number of methoxy groups -OCH3 is 1. The maximum atomic E-state index is 5.04. The van der Waals surface area contributed by atoms with Crippen molar-refractivity contribution in [3.05, 3.63) is 36.0 Å². The van der Waals surface area contributed by atoms with E-state index in [2.05, 4.69) is 35.4 Å². The minimum absolute atomic E-state index is 0.833. The van der Waals surface area contributed by atoms with E-state index in [-0.39, 0.29) is 0 Å². The molecule has 2 aromatic rings. The van der Waals surface area contributed by atoms with Crippen LogP contribution >= 0.6 is 0 Å². The average molecular weight is 189 g/mol. The van der Waals surface area contributed by atoms with Crippen LogP contribution < -0.4 is 0 Å². The van der Waals surface area contributed by atoms with Crippen LogP contribution in [-0.2, 0) is 11.2 Å². The summed E-state index contributed by atoms with van der Waals surface area (Å²) < 4.78 is 5.04. The van der Waals surface area contributed by atoms with E-state index in [0.29, 0.717) is 0 Å². The number of ether oxygens (including phenoxy) is 1. The van der Waals surface area contributed by atoms with Gasteiger partial charge in [-0.3, -0.25) is 0 Å². The molecule has 0 unspecified atom stereocenters. The molecule has 0 aliphatic heterocycles. The minimum atomic E-state index is 0.833. The number of nitrogens with one attached hydrogen (secondary N) is 1. The van der Waals surface area contributed by atoms with Crippen molar-refractivity contribution in [3.8, 4) is 0 Å². The number of aromatic amines is 1. The van der Waals surface area contributed by atoms with Crippen molar-refractivity contribution in [1.29, 1.82) is 0 Å². The van der Waals surface area contributed by atoms with Crippen LogP contribution in [0.25, 0.3) is 10.9 Å².